The minimum Gasteiger partial charge on any atom is -0.361 e. The second kappa shape index (κ2) is 6.13. The number of likely N-dealkylation sites (tertiary alicyclic amines) is 1. The third-order valence-corrected chi connectivity index (χ3v) is 5.76. The lowest BCUT2D eigenvalue weighted by Gasteiger charge is -2.30. The number of rotatable bonds is 3. The molecular weight excluding hydrogens is 318 g/mol. The van der Waals surface area contributed by atoms with E-state index in [-0.39, 0.29) is 5.91 Å². The van der Waals surface area contributed by atoms with Crippen molar-refractivity contribution in [1.82, 2.24) is 20.0 Å². The second-order valence-corrected chi connectivity index (χ2v) is 7.15. The zero-order valence-electron chi connectivity index (χ0n) is 14.8. The smallest absolute Gasteiger partial charge is 0.259 e. The first kappa shape index (κ1) is 16.1. The molecule has 1 aliphatic carbocycles. The summed E-state index contributed by atoms with van der Waals surface area (Å²) in [5, 5.41) is 3.92. The molecule has 3 atom stereocenters. The molecule has 0 N–H and O–H groups in total. The van der Waals surface area contributed by atoms with Gasteiger partial charge in [-0.25, -0.2) is 4.98 Å². The van der Waals surface area contributed by atoms with Crippen molar-refractivity contribution in [1.29, 1.82) is 0 Å². The average Bonchev–Trinajstić information content (AvgIpc) is 3.29. The second-order valence-electron chi connectivity index (χ2n) is 7.15. The molecule has 1 amide bonds. The Morgan fingerprint density at radius 3 is 2.80 bits per heavy atom. The highest BCUT2D eigenvalue weighted by molar-refractivity contribution is 5.96. The van der Waals surface area contributed by atoms with Crippen molar-refractivity contribution in [3.63, 3.8) is 0 Å². The van der Waals surface area contributed by atoms with Crippen LogP contribution >= 0.6 is 0 Å². The summed E-state index contributed by atoms with van der Waals surface area (Å²) < 4.78 is 5.17. The molecule has 7 heteroatoms. The summed E-state index contributed by atoms with van der Waals surface area (Å²) >= 11 is 0. The Morgan fingerprint density at radius 1 is 1.28 bits per heavy atom. The Balaban J connectivity index is 1.51. The molecule has 7 nitrogen and oxygen atoms in total. The van der Waals surface area contributed by atoms with E-state index in [2.05, 4.69) is 27.1 Å². The maximum absolute atomic E-state index is 12.9. The SMILES string of the molecule is Cc1noc(C)c1C(=O)N1C[C@H]2CC[C@@H](N(C)c3cnccn3)[C@H]2C1. The lowest BCUT2D eigenvalue weighted by atomic mass is 9.97. The molecule has 4 rings (SSSR count). The lowest BCUT2D eigenvalue weighted by Crippen LogP contribution is -2.39. The summed E-state index contributed by atoms with van der Waals surface area (Å²) in [5.41, 5.74) is 1.30. The van der Waals surface area contributed by atoms with Crippen molar-refractivity contribution in [3.05, 3.63) is 35.6 Å². The lowest BCUT2D eigenvalue weighted by molar-refractivity contribution is 0.0777. The van der Waals surface area contributed by atoms with Gasteiger partial charge < -0.3 is 14.3 Å². The fourth-order valence-corrected chi connectivity index (χ4v) is 4.47. The summed E-state index contributed by atoms with van der Waals surface area (Å²) in [6, 6.07) is 0.393. The zero-order valence-corrected chi connectivity index (χ0v) is 14.8. The van der Waals surface area contributed by atoms with Crippen LogP contribution in [0.2, 0.25) is 0 Å². The van der Waals surface area contributed by atoms with Gasteiger partial charge in [-0.15, -0.1) is 0 Å². The van der Waals surface area contributed by atoms with Gasteiger partial charge in [0, 0.05) is 44.5 Å². The van der Waals surface area contributed by atoms with Gasteiger partial charge in [-0.2, -0.15) is 0 Å². The number of carbonyl (C=O) groups is 1. The average molecular weight is 341 g/mol. The van der Waals surface area contributed by atoms with Crippen molar-refractivity contribution in [3.8, 4) is 0 Å². The summed E-state index contributed by atoms with van der Waals surface area (Å²) in [5.74, 6) is 2.56. The Labute approximate surface area is 147 Å². The van der Waals surface area contributed by atoms with Crippen LogP contribution in [0.4, 0.5) is 5.82 Å². The number of hydrogen-bond acceptors (Lipinski definition) is 6. The number of fused-ring (bicyclic) bond motifs is 1. The van der Waals surface area contributed by atoms with E-state index in [1.807, 2.05) is 11.8 Å². The maximum Gasteiger partial charge on any atom is 0.259 e. The van der Waals surface area contributed by atoms with E-state index in [0.717, 1.165) is 31.7 Å². The summed E-state index contributed by atoms with van der Waals surface area (Å²) in [6.07, 6.45) is 7.49. The van der Waals surface area contributed by atoms with Crippen LogP contribution in [0.3, 0.4) is 0 Å². The van der Waals surface area contributed by atoms with Gasteiger partial charge in [0.2, 0.25) is 0 Å². The molecule has 132 valence electrons. The van der Waals surface area contributed by atoms with Crippen molar-refractivity contribution < 1.29 is 9.32 Å². The minimum atomic E-state index is 0.0477. The van der Waals surface area contributed by atoms with Crippen molar-refractivity contribution in [2.45, 2.75) is 32.7 Å². The standard InChI is InChI=1S/C18H23N5O2/c1-11-17(12(2)25-21-11)18(24)23-9-13-4-5-15(14(13)10-23)22(3)16-8-19-6-7-20-16/h6-8,13-15H,4-5,9-10H2,1-3H3/t13-,14+,15-/m1/s1. The van der Waals surface area contributed by atoms with Crippen molar-refractivity contribution >= 4 is 11.7 Å². The van der Waals surface area contributed by atoms with E-state index < -0.39 is 0 Å². The van der Waals surface area contributed by atoms with Gasteiger partial charge >= 0.3 is 0 Å². The Hall–Kier alpha value is -2.44. The number of hydrogen-bond donors (Lipinski definition) is 0. The van der Waals surface area contributed by atoms with E-state index in [0.29, 0.717) is 34.9 Å². The van der Waals surface area contributed by atoms with Crippen molar-refractivity contribution in [2.24, 2.45) is 11.8 Å². The van der Waals surface area contributed by atoms with Gasteiger partial charge in [-0.1, -0.05) is 5.16 Å². The van der Waals surface area contributed by atoms with Crippen LogP contribution in [-0.4, -0.2) is 52.1 Å². The largest absolute Gasteiger partial charge is 0.361 e. The van der Waals surface area contributed by atoms with Gasteiger partial charge in [-0.3, -0.25) is 9.78 Å². The Morgan fingerprint density at radius 2 is 2.12 bits per heavy atom. The van der Waals surface area contributed by atoms with Crippen LogP contribution in [-0.2, 0) is 0 Å². The zero-order chi connectivity index (χ0) is 17.6. The highest BCUT2D eigenvalue weighted by atomic mass is 16.5. The normalized spacial score (nSPS) is 25.2. The number of aryl methyl sites for hydroxylation is 2. The maximum atomic E-state index is 12.9. The number of aromatic nitrogens is 3. The summed E-state index contributed by atoms with van der Waals surface area (Å²) in [4.78, 5) is 25.7. The molecule has 2 aromatic heterocycles. The van der Waals surface area contributed by atoms with Gasteiger partial charge in [-0.05, 0) is 32.6 Å². The highest BCUT2D eigenvalue weighted by Crippen LogP contribution is 2.41. The van der Waals surface area contributed by atoms with Crippen molar-refractivity contribution in [2.75, 3.05) is 25.0 Å². The number of anilines is 1. The molecule has 0 aromatic carbocycles. The predicted molar refractivity (Wildman–Crippen MR) is 92.3 cm³/mol. The molecule has 2 aromatic rings. The fourth-order valence-electron chi connectivity index (χ4n) is 4.47. The molecule has 1 saturated carbocycles. The molecule has 0 bridgehead atoms. The number of nitrogens with zero attached hydrogens (tertiary/aromatic N) is 5. The van der Waals surface area contributed by atoms with E-state index in [9.17, 15) is 4.79 Å². The van der Waals surface area contributed by atoms with Crippen LogP contribution in [0.1, 0.15) is 34.7 Å². The summed E-state index contributed by atoms with van der Waals surface area (Å²) in [7, 11) is 2.08. The monoisotopic (exact) mass is 341 g/mol. The first-order valence-corrected chi connectivity index (χ1v) is 8.77. The Bertz CT molecular complexity index is 756. The quantitative estimate of drug-likeness (QED) is 0.851. The first-order chi connectivity index (χ1) is 12.1. The third-order valence-electron chi connectivity index (χ3n) is 5.76. The van der Waals surface area contributed by atoms with E-state index in [1.54, 1.807) is 25.5 Å². The van der Waals surface area contributed by atoms with Crippen LogP contribution in [0.25, 0.3) is 0 Å². The molecule has 1 saturated heterocycles. The van der Waals surface area contributed by atoms with Gasteiger partial charge in [0.1, 0.15) is 17.1 Å². The molecule has 3 heterocycles. The minimum absolute atomic E-state index is 0.0477. The molecule has 25 heavy (non-hydrogen) atoms. The first-order valence-electron chi connectivity index (χ1n) is 8.77. The molecule has 0 radical (unpaired) electrons. The molecule has 2 aliphatic rings. The van der Waals surface area contributed by atoms with Gasteiger partial charge in [0.05, 0.1) is 11.9 Å². The van der Waals surface area contributed by atoms with E-state index in [4.69, 9.17) is 4.52 Å². The van der Waals surface area contributed by atoms with Crippen LogP contribution in [0, 0.1) is 25.7 Å². The molecule has 1 aliphatic heterocycles. The molecular formula is C18H23N5O2. The highest BCUT2D eigenvalue weighted by Gasteiger charge is 2.46. The number of amides is 1. The Kier molecular flexibility index (Phi) is 3.94. The third kappa shape index (κ3) is 2.67. The predicted octanol–water partition coefficient (Wildman–Crippen LogP) is 2.07. The topological polar surface area (TPSA) is 75.4 Å². The molecule has 2 fully saturated rings. The van der Waals surface area contributed by atoms with Crippen LogP contribution in [0.5, 0.6) is 0 Å². The van der Waals surface area contributed by atoms with E-state index in [1.165, 1.54) is 0 Å². The molecule has 0 spiro atoms. The van der Waals surface area contributed by atoms with Crippen LogP contribution in [0.15, 0.2) is 23.1 Å². The van der Waals surface area contributed by atoms with Gasteiger partial charge in [0.15, 0.2) is 0 Å². The number of carbonyl (C=O) groups excluding carboxylic acids is 1. The van der Waals surface area contributed by atoms with Gasteiger partial charge in [0.25, 0.3) is 5.91 Å². The van der Waals surface area contributed by atoms with Crippen LogP contribution < -0.4 is 4.90 Å². The fraction of sp³-hybridized carbons (Fsp3) is 0.556. The molecule has 0 unspecified atom stereocenters. The summed E-state index contributed by atoms with van der Waals surface area (Å²) in [6.45, 7) is 5.22. The van der Waals surface area contributed by atoms with E-state index >= 15 is 0 Å².